The first-order valence-corrected chi connectivity index (χ1v) is 8.46. The maximum absolute atomic E-state index is 10.1. The summed E-state index contributed by atoms with van der Waals surface area (Å²) >= 11 is 0. The molecule has 1 aliphatic carbocycles. The van der Waals surface area contributed by atoms with E-state index < -0.39 is 0 Å². The number of unbranched alkanes of at least 4 members (excludes halogenated alkanes) is 2. The first kappa shape index (κ1) is 15.3. The third-order valence-corrected chi connectivity index (χ3v) is 4.91. The lowest BCUT2D eigenvalue weighted by atomic mass is 9.89. The van der Waals surface area contributed by atoms with Gasteiger partial charge in [-0.15, -0.1) is 0 Å². The zero-order valence-electron chi connectivity index (χ0n) is 12.6. The van der Waals surface area contributed by atoms with E-state index in [1.165, 1.54) is 71.0 Å². The number of rotatable bonds is 6. The van der Waals surface area contributed by atoms with Crippen molar-refractivity contribution in [2.75, 3.05) is 19.6 Å². The Morgan fingerprint density at radius 2 is 1.79 bits per heavy atom. The molecule has 2 aliphatic rings. The van der Waals surface area contributed by atoms with E-state index in [1.807, 2.05) is 0 Å². The van der Waals surface area contributed by atoms with E-state index in [2.05, 4.69) is 17.1 Å². The highest BCUT2D eigenvalue weighted by Crippen LogP contribution is 2.25. The van der Waals surface area contributed by atoms with Gasteiger partial charge in [0.1, 0.15) is 0 Å². The average Bonchev–Trinajstić information content (AvgIpc) is 2.45. The number of nitrogens with zero attached hydrogens (tertiary/aromatic N) is 1. The monoisotopic (exact) mass is 268 g/mol. The molecule has 0 bridgehead atoms. The summed E-state index contributed by atoms with van der Waals surface area (Å²) in [6.45, 7) is 5.79. The molecule has 2 fully saturated rings. The molecule has 112 valence electrons. The smallest absolute Gasteiger partial charge is 0.0695 e. The molecule has 0 aromatic carbocycles. The fourth-order valence-electron chi connectivity index (χ4n) is 3.63. The first-order chi connectivity index (χ1) is 9.31. The molecule has 3 heteroatoms. The molecule has 0 aromatic heterocycles. The zero-order chi connectivity index (χ0) is 13.5. The van der Waals surface area contributed by atoms with Gasteiger partial charge in [-0.2, -0.15) is 0 Å². The summed E-state index contributed by atoms with van der Waals surface area (Å²) in [5.74, 6) is 0. The predicted octanol–water partition coefficient (Wildman–Crippen LogP) is 2.53. The van der Waals surface area contributed by atoms with Crippen LogP contribution in [0, 0.1) is 0 Å². The number of likely N-dealkylation sites (tertiary alicyclic amines) is 1. The number of piperidine rings is 1. The molecule has 2 rings (SSSR count). The third-order valence-electron chi connectivity index (χ3n) is 4.91. The van der Waals surface area contributed by atoms with E-state index in [-0.39, 0.29) is 6.10 Å². The van der Waals surface area contributed by atoms with Crippen LogP contribution in [0.2, 0.25) is 0 Å². The Balaban J connectivity index is 1.64. The van der Waals surface area contributed by atoms with Gasteiger partial charge in [-0.3, -0.25) is 4.90 Å². The number of aliphatic hydroxyl groups is 1. The summed E-state index contributed by atoms with van der Waals surface area (Å²) in [5, 5.41) is 13.8. The normalized spacial score (nSPS) is 30.6. The summed E-state index contributed by atoms with van der Waals surface area (Å²) in [7, 11) is 0. The highest BCUT2D eigenvalue weighted by atomic mass is 16.3. The summed E-state index contributed by atoms with van der Waals surface area (Å²) in [5.41, 5.74) is 0. The van der Waals surface area contributed by atoms with Crippen molar-refractivity contribution >= 4 is 0 Å². The van der Waals surface area contributed by atoms with Gasteiger partial charge in [0.05, 0.1) is 6.10 Å². The molecular formula is C16H32N2O. The lowest BCUT2D eigenvalue weighted by molar-refractivity contribution is 0.00723. The predicted molar refractivity (Wildman–Crippen MR) is 80.4 cm³/mol. The van der Waals surface area contributed by atoms with Gasteiger partial charge in [-0.1, -0.05) is 32.6 Å². The minimum atomic E-state index is -0.0668. The first-order valence-electron chi connectivity index (χ1n) is 8.46. The van der Waals surface area contributed by atoms with Gasteiger partial charge in [0, 0.05) is 25.2 Å². The molecule has 1 aliphatic heterocycles. The molecule has 2 unspecified atom stereocenters. The second-order valence-corrected chi connectivity index (χ2v) is 6.39. The molecule has 0 aromatic rings. The van der Waals surface area contributed by atoms with Crippen LogP contribution in [0.5, 0.6) is 0 Å². The minimum absolute atomic E-state index is 0.0668. The summed E-state index contributed by atoms with van der Waals surface area (Å²) in [6.07, 6.45) is 11.2. The van der Waals surface area contributed by atoms with E-state index in [4.69, 9.17) is 0 Å². The van der Waals surface area contributed by atoms with Crippen molar-refractivity contribution in [3.63, 3.8) is 0 Å². The minimum Gasteiger partial charge on any atom is -0.391 e. The van der Waals surface area contributed by atoms with Crippen LogP contribution < -0.4 is 5.32 Å². The maximum atomic E-state index is 10.1. The summed E-state index contributed by atoms with van der Waals surface area (Å²) in [6, 6.07) is 1.17. The maximum Gasteiger partial charge on any atom is 0.0695 e. The van der Waals surface area contributed by atoms with Gasteiger partial charge in [0.15, 0.2) is 0 Å². The van der Waals surface area contributed by atoms with Crippen LogP contribution >= 0.6 is 0 Å². The molecule has 2 atom stereocenters. The van der Waals surface area contributed by atoms with Gasteiger partial charge < -0.3 is 10.4 Å². The van der Waals surface area contributed by atoms with Gasteiger partial charge in [0.25, 0.3) is 0 Å². The van der Waals surface area contributed by atoms with E-state index in [0.717, 1.165) is 6.42 Å². The Morgan fingerprint density at radius 3 is 2.47 bits per heavy atom. The van der Waals surface area contributed by atoms with Crippen molar-refractivity contribution < 1.29 is 5.11 Å². The Labute approximate surface area is 118 Å². The van der Waals surface area contributed by atoms with Crippen LogP contribution in [-0.2, 0) is 0 Å². The van der Waals surface area contributed by atoms with E-state index >= 15 is 0 Å². The number of hydrogen-bond acceptors (Lipinski definition) is 3. The molecule has 0 spiro atoms. The number of aliphatic hydroxyl groups excluding tert-OH is 1. The van der Waals surface area contributed by atoms with Crippen LogP contribution in [-0.4, -0.2) is 47.8 Å². The van der Waals surface area contributed by atoms with E-state index in [9.17, 15) is 5.11 Å². The third kappa shape index (κ3) is 4.73. The van der Waals surface area contributed by atoms with Crippen molar-refractivity contribution in [3.05, 3.63) is 0 Å². The topological polar surface area (TPSA) is 35.5 Å². The van der Waals surface area contributed by atoms with Crippen molar-refractivity contribution in [1.29, 1.82) is 0 Å². The molecule has 1 saturated heterocycles. The summed E-state index contributed by atoms with van der Waals surface area (Å²) < 4.78 is 0. The molecular weight excluding hydrogens is 236 g/mol. The SMILES string of the molecule is CCCCCNC1CCN(C2CCCCC2O)CC1. The van der Waals surface area contributed by atoms with Gasteiger partial charge in [-0.25, -0.2) is 0 Å². The van der Waals surface area contributed by atoms with Crippen molar-refractivity contribution in [3.8, 4) is 0 Å². The molecule has 0 radical (unpaired) electrons. The molecule has 0 amide bonds. The van der Waals surface area contributed by atoms with Crippen molar-refractivity contribution in [2.45, 2.75) is 82.9 Å². The van der Waals surface area contributed by atoms with Gasteiger partial charge in [-0.05, 0) is 38.6 Å². The molecule has 3 nitrogen and oxygen atoms in total. The zero-order valence-corrected chi connectivity index (χ0v) is 12.6. The van der Waals surface area contributed by atoms with Crippen LogP contribution in [0.15, 0.2) is 0 Å². The Kier molecular flexibility index (Phi) is 6.62. The second kappa shape index (κ2) is 8.23. The van der Waals surface area contributed by atoms with E-state index in [1.54, 1.807) is 0 Å². The van der Waals surface area contributed by atoms with Gasteiger partial charge >= 0.3 is 0 Å². The van der Waals surface area contributed by atoms with E-state index in [0.29, 0.717) is 12.1 Å². The quantitative estimate of drug-likeness (QED) is 0.727. The number of hydrogen-bond donors (Lipinski definition) is 2. The average molecular weight is 268 g/mol. The van der Waals surface area contributed by atoms with Crippen LogP contribution in [0.1, 0.15) is 64.7 Å². The van der Waals surface area contributed by atoms with Crippen LogP contribution in [0.25, 0.3) is 0 Å². The Bertz CT molecular complexity index is 239. The fourth-order valence-corrected chi connectivity index (χ4v) is 3.63. The lowest BCUT2D eigenvalue weighted by Gasteiger charge is -2.41. The molecule has 1 heterocycles. The highest BCUT2D eigenvalue weighted by molar-refractivity contribution is 4.87. The lowest BCUT2D eigenvalue weighted by Crippen LogP contribution is -2.51. The molecule has 19 heavy (non-hydrogen) atoms. The Morgan fingerprint density at radius 1 is 1.05 bits per heavy atom. The second-order valence-electron chi connectivity index (χ2n) is 6.39. The van der Waals surface area contributed by atoms with Crippen molar-refractivity contribution in [2.24, 2.45) is 0 Å². The molecule has 2 N–H and O–H groups in total. The number of nitrogens with one attached hydrogen (secondary N) is 1. The highest BCUT2D eigenvalue weighted by Gasteiger charge is 2.31. The Hall–Kier alpha value is -0.120. The largest absolute Gasteiger partial charge is 0.391 e. The summed E-state index contributed by atoms with van der Waals surface area (Å²) in [4.78, 5) is 2.55. The van der Waals surface area contributed by atoms with Crippen LogP contribution in [0.3, 0.4) is 0 Å². The van der Waals surface area contributed by atoms with Gasteiger partial charge in [0.2, 0.25) is 0 Å². The molecule has 1 saturated carbocycles. The fraction of sp³-hybridized carbons (Fsp3) is 1.00. The van der Waals surface area contributed by atoms with Crippen molar-refractivity contribution in [1.82, 2.24) is 10.2 Å². The van der Waals surface area contributed by atoms with Crippen LogP contribution in [0.4, 0.5) is 0 Å². The standard InChI is InChI=1S/C16H32N2O/c1-2-3-6-11-17-14-9-12-18(13-10-14)15-7-4-5-8-16(15)19/h14-17,19H,2-13H2,1H3.